The molecule has 1 amide bonds. The monoisotopic (exact) mass is 423 g/mol. The van der Waals surface area contributed by atoms with E-state index in [1.54, 1.807) is 24.3 Å². The Morgan fingerprint density at radius 3 is 2.58 bits per heavy atom. The fourth-order valence-electron chi connectivity index (χ4n) is 4.53. The van der Waals surface area contributed by atoms with Gasteiger partial charge in [-0.25, -0.2) is 0 Å². The molecule has 2 unspecified atom stereocenters. The lowest BCUT2D eigenvalue weighted by Gasteiger charge is -2.29. The Bertz CT molecular complexity index is 927. The number of allylic oxidation sites excluding steroid dienone is 3. The molecule has 2 aliphatic rings. The van der Waals surface area contributed by atoms with E-state index in [1.807, 2.05) is 26.0 Å². The minimum atomic E-state index is -1.86. The molecule has 0 spiro atoms. The molecule has 2 N–H and O–H groups in total. The van der Waals surface area contributed by atoms with E-state index >= 15 is 0 Å². The first-order chi connectivity index (χ1) is 14.8. The van der Waals surface area contributed by atoms with Crippen LogP contribution in [-0.2, 0) is 19.9 Å². The van der Waals surface area contributed by atoms with Gasteiger partial charge in [-0.1, -0.05) is 76.8 Å². The Hall–Kier alpha value is -2.69. The van der Waals surface area contributed by atoms with Gasteiger partial charge in [-0.05, 0) is 30.4 Å². The Labute approximate surface area is 184 Å². The standard InChI is InChI=1S/C26H33NO4/c1-4-5-6-7-8-13-23(29)27-26(21-15-14-18(17(2)3)16-22(21)28)24(30)19-11-9-10-12-20(19)25(26)31/h9-11,14-17,20,28H,4-8,12-13H2,1-3H3,(H,27,29). The first kappa shape index (κ1) is 23.0. The van der Waals surface area contributed by atoms with Crippen LogP contribution >= 0.6 is 0 Å². The van der Waals surface area contributed by atoms with Crippen molar-refractivity contribution in [1.29, 1.82) is 0 Å². The smallest absolute Gasteiger partial charge is 0.221 e. The molecule has 1 fully saturated rings. The van der Waals surface area contributed by atoms with Crippen molar-refractivity contribution in [1.82, 2.24) is 5.32 Å². The maximum atomic E-state index is 13.6. The summed E-state index contributed by atoms with van der Waals surface area (Å²) in [6.07, 6.45) is 10.9. The highest BCUT2D eigenvalue weighted by Gasteiger charge is 2.60. The Morgan fingerprint density at radius 1 is 1.19 bits per heavy atom. The average Bonchev–Trinajstić information content (AvgIpc) is 2.96. The van der Waals surface area contributed by atoms with Crippen molar-refractivity contribution >= 4 is 17.5 Å². The number of phenolic OH excluding ortho intramolecular Hbond substituents is 1. The molecule has 0 saturated heterocycles. The van der Waals surface area contributed by atoms with Crippen LogP contribution in [0.3, 0.4) is 0 Å². The Balaban J connectivity index is 1.95. The Morgan fingerprint density at radius 2 is 1.94 bits per heavy atom. The number of rotatable bonds is 9. The van der Waals surface area contributed by atoms with Crippen molar-refractivity contribution in [3.63, 3.8) is 0 Å². The van der Waals surface area contributed by atoms with Crippen LogP contribution in [-0.4, -0.2) is 22.6 Å². The third kappa shape index (κ3) is 4.36. The van der Waals surface area contributed by atoms with Crippen LogP contribution in [0.25, 0.3) is 0 Å². The molecular weight excluding hydrogens is 390 g/mol. The second-order valence-electron chi connectivity index (χ2n) is 8.93. The van der Waals surface area contributed by atoms with Crippen molar-refractivity contribution in [2.24, 2.45) is 5.92 Å². The summed E-state index contributed by atoms with van der Waals surface area (Å²) < 4.78 is 0. The van der Waals surface area contributed by atoms with Gasteiger partial charge in [0, 0.05) is 17.6 Å². The molecule has 1 saturated carbocycles. The highest BCUT2D eigenvalue weighted by Crippen LogP contribution is 2.45. The number of aromatic hydroxyl groups is 1. The number of unbranched alkanes of at least 4 members (excludes halogenated alkanes) is 4. The number of amides is 1. The first-order valence-corrected chi connectivity index (χ1v) is 11.4. The molecule has 0 bridgehead atoms. The van der Waals surface area contributed by atoms with Gasteiger partial charge in [-0.2, -0.15) is 0 Å². The number of Topliss-reactive ketones (excluding diaryl/α,β-unsaturated/α-hetero) is 2. The summed E-state index contributed by atoms with van der Waals surface area (Å²) in [5.41, 5.74) is -0.387. The normalized spacial score (nSPS) is 22.6. The van der Waals surface area contributed by atoms with Crippen molar-refractivity contribution < 1.29 is 19.5 Å². The molecule has 5 nitrogen and oxygen atoms in total. The van der Waals surface area contributed by atoms with E-state index in [1.165, 1.54) is 0 Å². The first-order valence-electron chi connectivity index (χ1n) is 11.4. The molecule has 1 aromatic rings. The van der Waals surface area contributed by atoms with Crippen LogP contribution in [0.2, 0.25) is 0 Å². The third-order valence-electron chi connectivity index (χ3n) is 6.37. The van der Waals surface area contributed by atoms with Gasteiger partial charge in [0.2, 0.25) is 5.91 Å². The van der Waals surface area contributed by atoms with Gasteiger partial charge < -0.3 is 10.4 Å². The van der Waals surface area contributed by atoms with Crippen molar-refractivity contribution in [2.75, 3.05) is 0 Å². The van der Waals surface area contributed by atoms with Gasteiger partial charge in [0.15, 0.2) is 17.1 Å². The van der Waals surface area contributed by atoms with E-state index in [4.69, 9.17) is 0 Å². The number of phenols is 1. The maximum Gasteiger partial charge on any atom is 0.221 e. The van der Waals surface area contributed by atoms with Crippen LogP contribution in [0.15, 0.2) is 42.0 Å². The fraction of sp³-hybridized carbons (Fsp3) is 0.500. The van der Waals surface area contributed by atoms with Crippen molar-refractivity contribution in [3.8, 4) is 5.75 Å². The molecule has 0 aliphatic heterocycles. The number of benzene rings is 1. The number of hydrogen-bond donors (Lipinski definition) is 2. The lowest BCUT2D eigenvalue weighted by Crippen LogP contribution is -2.54. The second-order valence-corrected chi connectivity index (χ2v) is 8.93. The van der Waals surface area contributed by atoms with E-state index in [0.29, 0.717) is 18.4 Å². The summed E-state index contributed by atoms with van der Waals surface area (Å²) in [7, 11) is 0. The molecule has 3 rings (SSSR count). The molecule has 1 aromatic carbocycles. The highest BCUT2D eigenvalue weighted by atomic mass is 16.3. The lowest BCUT2D eigenvalue weighted by molar-refractivity contribution is -0.137. The van der Waals surface area contributed by atoms with Crippen LogP contribution < -0.4 is 5.32 Å². The van der Waals surface area contributed by atoms with E-state index < -0.39 is 17.2 Å². The van der Waals surface area contributed by atoms with Gasteiger partial charge in [0.1, 0.15) is 5.75 Å². The summed E-state index contributed by atoms with van der Waals surface area (Å²) in [5.74, 6) is -1.68. The predicted molar refractivity (Wildman–Crippen MR) is 121 cm³/mol. The number of nitrogens with one attached hydrogen (secondary N) is 1. The predicted octanol–water partition coefficient (Wildman–Crippen LogP) is 4.84. The number of hydrogen-bond acceptors (Lipinski definition) is 4. The fourth-order valence-corrected chi connectivity index (χ4v) is 4.53. The van der Waals surface area contributed by atoms with Crippen LogP contribution in [0.1, 0.15) is 82.8 Å². The SMILES string of the molecule is CCCCCCCC(=O)NC1(c2ccc(C(C)C)cc2O)C(=O)C2=CC=CCC2C1=O. The molecule has 0 aromatic heterocycles. The van der Waals surface area contributed by atoms with Crippen LogP contribution in [0.4, 0.5) is 0 Å². The van der Waals surface area contributed by atoms with E-state index in [-0.39, 0.29) is 35.3 Å². The zero-order chi connectivity index (χ0) is 22.6. The zero-order valence-electron chi connectivity index (χ0n) is 18.7. The van der Waals surface area contributed by atoms with E-state index in [9.17, 15) is 19.5 Å². The largest absolute Gasteiger partial charge is 0.508 e. The summed E-state index contributed by atoms with van der Waals surface area (Å²) >= 11 is 0. The molecule has 0 heterocycles. The summed E-state index contributed by atoms with van der Waals surface area (Å²) in [5, 5.41) is 13.6. The van der Waals surface area contributed by atoms with Gasteiger partial charge in [0.25, 0.3) is 0 Å². The number of fused-ring (bicyclic) bond motifs is 1. The molecule has 5 heteroatoms. The molecular formula is C26H33NO4. The third-order valence-corrected chi connectivity index (χ3v) is 6.37. The average molecular weight is 424 g/mol. The summed E-state index contributed by atoms with van der Waals surface area (Å²) in [4.78, 5) is 40.0. The maximum absolute atomic E-state index is 13.6. The lowest BCUT2D eigenvalue weighted by atomic mass is 9.82. The minimum absolute atomic E-state index is 0.136. The molecule has 0 radical (unpaired) electrons. The molecule has 2 atom stereocenters. The van der Waals surface area contributed by atoms with E-state index in [0.717, 1.165) is 31.2 Å². The van der Waals surface area contributed by atoms with Crippen molar-refractivity contribution in [3.05, 3.63) is 53.1 Å². The van der Waals surface area contributed by atoms with E-state index in [2.05, 4.69) is 12.2 Å². The molecule has 166 valence electrons. The van der Waals surface area contributed by atoms with Gasteiger partial charge in [-0.3, -0.25) is 14.4 Å². The van der Waals surface area contributed by atoms with Crippen LogP contribution in [0, 0.1) is 5.92 Å². The quantitative estimate of drug-likeness (QED) is 0.440. The minimum Gasteiger partial charge on any atom is -0.508 e. The topological polar surface area (TPSA) is 83.5 Å². The highest BCUT2D eigenvalue weighted by molar-refractivity contribution is 6.29. The second kappa shape index (κ2) is 9.63. The summed E-state index contributed by atoms with van der Waals surface area (Å²) in [6.45, 7) is 6.14. The molecule has 31 heavy (non-hydrogen) atoms. The number of carbonyl (C=O) groups is 3. The van der Waals surface area contributed by atoms with Crippen LogP contribution in [0.5, 0.6) is 5.75 Å². The van der Waals surface area contributed by atoms with Gasteiger partial charge >= 0.3 is 0 Å². The number of ketones is 2. The zero-order valence-corrected chi connectivity index (χ0v) is 18.7. The Kier molecular flexibility index (Phi) is 7.14. The summed E-state index contributed by atoms with van der Waals surface area (Å²) in [6, 6.07) is 5.02. The number of carbonyl (C=O) groups excluding carboxylic acids is 3. The van der Waals surface area contributed by atoms with Gasteiger partial charge in [0.05, 0.1) is 5.92 Å². The van der Waals surface area contributed by atoms with Crippen molar-refractivity contribution in [2.45, 2.75) is 77.2 Å². The molecule has 2 aliphatic carbocycles. The van der Waals surface area contributed by atoms with Gasteiger partial charge in [-0.15, -0.1) is 0 Å².